The summed E-state index contributed by atoms with van der Waals surface area (Å²) in [4.78, 5) is 23.0. The molecule has 0 aliphatic carbocycles. The molecule has 0 atom stereocenters. The summed E-state index contributed by atoms with van der Waals surface area (Å²) in [5.74, 6) is -1.21. The lowest BCUT2D eigenvalue weighted by Gasteiger charge is -2.11. The van der Waals surface area contributed by atoms with E-state index in [-0.39, 0.29) is 18.9 Å². The number of ether oxygens (including phenoxy) is 2. The van der Waals surface area contributed by atoms with Crippen LogP contribution in [-0.4, -0.2) is 32.2 Å². The van der Waals surface area contributed by atoms with Gasteiger partial charge in [-0.3, -0.25) is 9.59 Å². The molecule has 0 heterocycles. The summed E-state index contributed by atoms with van der Waals surface area (Å²) >= 11 is 0. The standard InChI is InChI=1S/C19H19F3N2O4/c1-27-15-8-5-13(9-16(15)28-2)10-17(25)24-14-6-3-12(4-7-14)11-23-18(26)19(20,21)22/h3-9H,10-11H2,1-2H3,(H,23,26)(H,24,25). The van der Waals surface area contributed by atoms with Crippen LogP contribution in [0.1, 0.15) is 11.1 Å². The number of methoxy groups -OCH3 is 2. The number of amides is 2. The SMILES string of the molecule is COc1ccc(CC(=O)Nc2ccc(CNC(=O)C(F)(F)F)cc2)cc1OC. The number of carbonyl (C=O) groups is 2. The molecule has 0 aliphatic heterocycles. The van der Waals surface area contributed by atoms with E-state index in [0.717, 1.165) is 5.56 Å². The lowest BCUT2D eigenvalue weighted by molar-refractivity contribution is -0.173. The lowest BCUT2D eigenvalue weighted by atomic mass is 10.1. The van der Waals surface area contributed by atoms with Crippen molar-refractivity contribution >= 4 is 17.5 Å². The van der Waals surface area contributed by atoms with Gasteiger partial charge in [0, 0.05) is 12.2 Å². The maximum absolute atomic E-state index is 12.2. The highest BCUT2D eigenvalue weighted by molar-refractivity contribution is 5.92. The zero-order chi connectivity index (χ0) is 20.7. The minimum absolute atomic E-state index is 0.101. The van der Waals surface area contributed by atoms with E-state index in [1.165, 1.54) is 26.4 Å². The third-order valence-corrected chi connectivity index (χ3v) is 3.76. The second kappa shape index (κ2) is 9.12. The molecule has 2 aromatic carbocycles. The Hall–Kier alpha value is -3.23. The number of carbonyl (C=O) groups excluding carboxylic acids is 2. The maximum Gasteiger partial charge on any atom is 0.471 e. The molecule has 2 N–H and O–H groups in total. The van der Waals surface area contributed by atoms with Crippen molar-refractivity contribution in [2.75, 3.05) is 19.5 Å². The van der Waals surface area contributed by atoms with Crippen LogP contribution in [-0.2, 0) is 22.6 Å². The van der Waals surface area contributed by atoms with Crippen molar-refractivity contribution < 1.29 is 32.2 Å². The predicted octanol–water partition coefficient (Wildman–Crippen LogP) is 3.06. The number of rotatable bonds is 7. The number of alkyl halides is 3. The third-order valence-electron chi connectivity index (χ3n) is 3.76. The van der Waals surface area contributed by atoms with Gasteiger partial charge in [0.15, 0.2) is 11.5 Å². The first-order valence-corrected chi connectivity index (χ1v) is 8.17. The van der Waals surface area contributed by atoms with E-state index in [0.29, 0.717) is 22.7 Å². The maximum atomic E-state index is 12.2. The second-order valence-corrected chi connectivity index (χ2v) is 5.79. The van der Waals surface area contributed by atoms with Crippen LogP contribution in [0.25, 0.3) is 0 Å². The Morgan fingerprint density at radius 1 is 0.929 bits per heavy atom. The van der Waals surface area contributed by atoms with Crippen LogP contribution in [0.5, 0.6) is 11.5 Å². The Bertz CT molecular complexity index is 836. The fourth-order valence-corrected chi connectivity index (χ4v) is 2.37. The zero-order valence-electron chi connectivity index (χ0n) is 15.2. The van der Waals surface area contributed by atoms with Crippen molar-refractivity contribution in [1.82, 2.24) is 5.32 Å². The van der Waals surface area contributed by atoms with Crippen LogP contribution in [0.4, 0.5) is 18.9 Å². The van der Waals surface area contributed by atoms with E-state index >= 15 is 0 Å². The highest BCUT2D eigenvalue weighted by atomic mass is 19.4. The molecule has 150 valence electrons. The number of anilines is 1. The molecule has 0 aliphatic rings. The Kier molecular flexibility index (Phi) is 6.86. The van der Waals surface area contributed by atoms with E-state index in [2.05, 4.69) is 5.32 Å². The predicted molar refractivity (Wildman–Crippen MR) is 96.2 cm³/mol. The largest absolute Gasteiger partial charge is 0.493 e. The topological polar surface area (TPSA) is 76.7 Å². The Labute approximate surface area is 159 Å². The molecule has 0 saturated heterocycles. The van der Waals surface area contributed by atoms with Crippen molar-refractivity contribution in [1.29, 1.82) is 0 Å². The number of nitrogens with one attached hydrogen (secondary N) is 2. The Balaban J connectivity index is 1.91. The Morgan fingerprint density at radius 2 is 1.54 bits per heavy atom. The normalized spacial score (nSPS) is 10.9. The van der Waals surface area contributed by atoms with Gasteiger partial charge in [0.1, 0.15) is 0 Å². The molecule has 2 aromatic rings. The summed E-state index contributed by atoms with van der Waals surface area (Å²) in [6, 6.07) is 11.3. The van der Waals surface area contributed by atoms with Crippen molar-refractivity contribution in [2.45, 2.75) is 19.1 Å². The van der Waals surface area contributed by atoms with Crippen molar-refractivity contribution in [2.24, 2.45) is 0 Å². The first-order chi connectivity index (χ1) is 13.2. The monoisotopic (exact) mass is 396 g/mol. The Morgan fingerprint density at radius 3 is 2.11 bits per heavy atom. The molecular weight excluding hydrogens is 377 g/mol. The molecule has 0 saturated carbocycles. The van der Waals surface area contributed by atoms with Gasteiger partial charge in [-0.1, -0.05) is 18.2 Å². The van der Waals surface area contributed by atoms with E-state index in [1.807, 2.05) is 0 Å². The molecule has 6 nitrogen and oxygen atoms in total. The summed E-state index contributed by atoms with van der Waals surface area (Å²) < 4.78 is 46.8. The molecule has 2 amide bonds. The molecular formula is C19H19F3N2O4. The zero-order valence-corrected chi connectivity index (χ0v) is 15.2. The molecule has 0 unspecified atom stereocenters. The minimum atomic E-state index is -4.92. The van der Waals surface area contributed by atoms with Gasteiger partial charge >= 0.3 is 12.1 Å². The average Bonchev–Trinajstić information content (AvgIpc) is 2.66. The second-order valence-electron chi connectivity index (χ2n) is 5.79. The summed E-state index contributed by atoms with van der Waals surface area (Å²) in [5.41, 5.74) is 1.67. The highest BCUT2D eigenvalue weighted by Crippen LogP contribution is 2.27. The number of halogens is 3. The first kappa shape index (κ1) is 21.1. The van der Waals surface area contributed by atoms with E-state index < -0.39 is 12.1 Å². The van der Waals surface area contributed by atoms with Crippen molar-refractivity contribution in [3.05, 3.63) is 53.6 Å². The van der Waals surface area contributed by atoms with Crippen molar-refractivity contribution in [3.63, 3.8) is 0 Å². The molecule has 0 radical (unpaired) electrons. The van der Waals surface area contributed by atoms with Crippen LogP contribution in [0, 0.1) is 0 Å². The summed E-state index contributed by atoms with van der Waals surface area (Å²) in [5, 5.41) is 4.47. The van der Waals surface area contributed by atoms with E-state index in [4.69, 9.17) is 9.47 Å². The first-order valence-electron chi connectivity index (χ1n) is 8.17. The van der Waals surface area contributed by atoms with Gasteiger partial charge < -0.3 is 20.1 Å². The molecule has 28 heavy (non-hydrogen) atoms. The molecule has 0 fully saturated rings. The van der Waals surface area contributed by atoms with Crippen LogP contribution in [0.3, 0.4) is 0 Å². The molecule has 0 spiro atoms. The van der Waals surface area contributed by atoms with E-state index in [9.17, 15) is 22.8 Å². The van der Waals surface area contributed by atoms with Crippen LogP contribution < -0.4 is 20.1 Å². The third kappa shape index (κ3) is 5.90. The summed E-state index contributed by atoms with van der Waals surface area (Å²) in [6.07, 6.45) is -4.82. The van der Waals surface area contributed by atoms with Crippen LogP contribution in [0.15, 0.2) is 42.5 Å². The fraction of sp³-hybridized carbons (Fsp3) is 0.263. The minimum Gasteiger partial charge on any atom is -0.493 e. The lowest BCUT2D eigenvalue weighted by Crippen LogP contribution is -2.36. The van der Waals surface area contributed by atoms with Crippen LogP contribution >= 0.6 is 0 Å². The number of benzene rings is 2. The summed E-state index contributed by atoms with van der Waals surface area (Å²) in [7, 11) is 3.02. The van der Waals surface area contributed by atoms with E-state index in [1.54, 1.807) is 35.6 Å². The smallest absolute Gasteiger partial charge is 0.471 e. The molecule has 0 bridgehead atoms. The van der Waals surface area contributed by atoms with Gasteiger partial charge in [0.05, 0.1) is 20.6 Å². The highest BCUT2D eigenvalue weighted by Gasteiger charge is 2.38. The van der Waals surface area contributed by atoms with Gasteiger partial charge in [-0.25, -0.2) is 0 Å². The number of hydrogen-bond donors (Lipinski definition) is 2. The quantitative estimate of drug-likeness (QED) is 0.754. The molecule has 0 aromatic heterocycles. The fourth-order valence-electron chi connectivity index (χ4n) is 2.37. The molecule has 9 heteroatoms. The van der Waals surface area contributed by atoms with Crippen molar-refractivity contribution in [3.8, 4) is 11.5 Å². The van der Waals surface area contributed by atoms with Gasteiger partial charge in [0.25, 0.3) is 0 Å². The van der Waals surface area contributed by atoms with Crippen LogP contribution in [0.2, 0.25) is 0 Å². The van der Waals surface area contributed by atoms with Gasteiger partial charge in [-0.05, 0) is 35.4 Å². The summed E-state index contributed by atoms with van der Waals surface area (Å²) in [6.45, 7) is -0.266. The average molecular weight is 396 g/mol. The molecule has 2 rings (SSSR count). The van der Waals surface area contributed by atoms with Gasteiger partial charge in [0.2, 0.25) is 5.91 Å². The number of hydrogen-bond acceptors (Lipinski definition) is 4. The van der Waals surface area contributed by atoms with Gasteiger partial charge in [-0.15, -0.1) is 0 Å². The van der Waals surface area contributed by atoms with Gasteiger partial charge in [-0.2, -0.15) is 13.2 Å².